The lowest BCUT2D eigenvalue weighted by Gasteiger charge is -2.39. The summed E-state index contributed by atoms with van der Waals surface area (Å²) < 4.78 is 168. The van der Waals surface area contributed by atoms with Gasteiger partial charge in [-0.2, -0.15) is 57.1 Å². The molecule has 0 rings (SSSR count). The summed E-state index contributed by atoms with van der Waals surface area (Å²) >= 11 is 0. The van der Waals surface area contributed by atoms with Crippen molar-refractivity contribution in [1.29, 1.82) is 0 Å². The van der Waals surface area contributed by atoms with E-state index in [4.69, 9.17) is 0 Å². The van der Waals surface area contributed by atoms with Crippen LogP contribution in [0.5, 0.6) is 0 Å². The third kappa shape index (κ3) is 5.91. The first kappa shape index (κ1) is 30.6. The molecule has 0 unspecified atom stereocenters. The molecule has 192 valence electrons. The SMILES string of the molecule is CCCCCCCCCCNC(=O)C(F)(F)C(F)(F)C(F)(F)C(F)(F)C(F)(F)C(F)(F)F. The zero-order valence-corrected chi connectivity index (χ0v) is 16.7. The van der Waals surface area contributed by atoms with E-state index < -0.39 is 48.2 Å². The van der Waals surface area contributed by atoms with Crippen LogP contribution in [0.15, 0.2) is 0 Å². The van der Waals surface area contributed by atoms with E-state index in [1.54, 1.807) is 0 Å². The summed E-state index contributed by atoms with van der Waals surface area (Å²) in [7, 11) is 0. The molecule has 0 aromatic rings. The van der Waals surface area contributed by atoms with Crippen LogP contribution in [0.4, 0.5) is 57.1 Å². The first-order valence-electron chi connectivity index (χ1n) is 9.47. The Kier molecular flexibility index (Phi) is 10.2. The van der Waals surface area contributed by atoms with Gasteiger partial charge in [-0.15, -0.1) is 0 Å². The number of amides is 1. The van der Waals surface area contributed by atoms with Gasteiger partial charge in [0.15, 0.2) is 0 Å². The third-order valence-electron chi connectivity index (χ3n) is 4.53. The largest absolute Gasteiger partial charge is 0.460 e. The van der Waals surface area contributed by atoms with Gasteiger partial charge in [-0.1, -0.05) is 51.9 Å². The van der Waals surface area contributed by atoms with E-state index in [9.17, 15) is 61.9 Å². The monoisotopic (exact) mass is 503 g/mol. The second kappa shape index (κ2) is 10.7. The van der Waals surface area contributed by atoms with Gasteiger partial charge in [0.2, 0.25) is 0 Å². The fraction of sp³-hybridized carbons (Fsp3) is 0.941. The van der Waals surface area contributed by atoms with Gasteiger partial charge < -0.3 is 5.32 Å². The van der Waals surface area contributed by atoms with E-state index in [2.05, 4.69) is 0 Å². The zero-order chi connectivity index (χ0) is 25.6. The average molecular weight is 503 g/mol. The molecule has 0 aliphatic rings. The van der Waals surface area contributed by atoms with Gasteiger partial charge in [0.05, 0.1) is 0 Å². The molecule has 0 aromatic heterocycles. The fourth-order valence-electron chi connectivity index (χ4n) is 2.48. The van der Waals surface area contributed by atoms with Gasteiger partial charge in [-0.25, -0.2) is 0 Å². The first-order chi connectivity index (χ1) is 14.2. The molecular weight excluding hydrogens is 481 g/mol. The molecule has 0 saturated heterocycles. The van der Waals surface area contributed by atoms with Crippen molar-refractivity contribution in [2.75, 3.05) is 6.54 Å². The number of hydrogen-bond acceptors (Lipinski definition) is 1. The summed E-state index contributed by atoms with van der Waals surface area (Å²) in [6.45, 7) is 1.20. The van der Waals surface area contributed by atoms with Crippen molar-refractivity contribution in [3.05, 3.63) is 0 Å². The Hall–Kier alpha value is -1.44. The molecule has 2 nitrogen and oxygen atoms in total. The lowest BCUT2D eigenvalue weighted by atomic mass is 9.93. The highest BCUT2D eigenvalue weighted by Crippen LogP contribution is 2.60. The highest BCUT2D eigenvalue weighted by Gasteiger charge is 2.91. The normalized spacial score (nSPS) is 14.6. The topological polar surface area (TPSA) is 29.1 Å². The van der Waals surface area contributed by atoms with Crippen LogP contribution in [-0.2, 0) is 4.79 Å². The molecule has 0 heterocycles. The third-order valence-corrected chi connectivity index (χ3v) is 4.53. The first-order valence-corrected chi connectivity index (χ1v) is 9.47. The molecule has 15 heteroatoms. The molecule has 0 spiro atoms. The Morgan fingerprint density at radius 2 is 0.938 bits per heavy atom. The molecule has 0 aliphatic carbocycles. The maximum absolute atomic E-state index is 13.6. The smallest absolute Gasteiger partial charge is 0.351 e. The van der Waals surface area contributed by atoms with Crippen LogP contribution in [0.2, 0.25) is 0 Å². The van der Waals surface area contributed by atoms with E-state index in [0.29, 0.717) is 12.8 Å². The van der Waals surface area contributed by atoms with Gasteiger partial charge in [-0.3, -0.25) is 4.79 Å². The maximum Gasteiger partial charge on any atom is 0.460 e. The van der Waals surface area contributed by atoms with E-state index in [-0.39, 0.29) is 6.42 Å². The molecular formula is C17H22F13NO. The second-order valence-corrected chi connectivity index (χ2v) is 7.10. The Labute approximate surface area is 174 Å². The Morgan fingerprint density at radius 1 is 0.562 bits per heavy atom. The lowest BCUT2D eigenvalue weighted by Crippen LogP contribution is -2.72. The van der Waals surface area contributed by atoms with Crippen LogP contribution in [0.25, 0.3) is 0 Å². The van der Waals surface area contributed by atoms with Crippen LogP contribution in [0, 0.1) is 0 Å². The quantitative estimate of drug-likeness (QED) is 0.201. The predicted molar refractivity (Wildman–Crippen MR) is 86.4 cm³/mol. The van der Waals surface area contributed by atoms with Gasteiger partial charge in [0.25, 0.3) is 5.91 Å². The molecule has 1 amide bonds. The van der Waals surface area contributed by atoms with Crippen LogP contribution in [0.1, 0.15) is 58.3 Å². The predicted octanol–water partition coefficient (Wildman–Crippen LogP) is 6.98. The number of alkyl halides is 13. The molecule has 0 atom stereocenters. The number of halogens is 13. The molecule has 0 fully saturated rings. The van der Waals surface area contributed by atoms with E-state index in [0.717, 1.165) is 37.4 Å². The number of carbonyl (C=O) groups is 1. The van der Waals surface area contributed by atoms with Gasteiger partial charge in [0, 0.05) is 6.54 Å². The van der Waals surface area contributed by atoms with E-state index in [1.807, 2.05) is 6.92 Å². The summed E-state index contributed by atoms with van der Waals surface area (Å²) in [5, 5.41) is 1.08. The highest BCUT2D eigenvalue weighted by atomic mass is 19.4. The molecule has 0 aliphatic heterocycles. The molecule has 32 heavy (non-hydrogen) atoms. The zero-order valence-electron chi connectivity index (χ0n) is 16.7. The van der Waals surface area contributed by atoms with Gasteiger partial charge in [0.1, 0.15) is 0 Å². The van der Waals surface area contributed by atoms with E-state index >= 15 is 0 Å². The van der Waals surface area contributed by atoms with Crippen molar-refractivity contribution in [1.82, 2.24) is 5.32 Å². The summed E-state index contributed by atoms with van der Waals surface area (Å²) in [6.07, 6.45) is -2.29. The van der Waals surface area contributed by atoms with Crippen molar-refractivity contribution in [2.24, 2.45) is 0 Å². The number of carbonyl (C=O) groups excluding carboxylic acids is 1. The number of nitrogens with one attached hydrogen (secondary N) is 1. The Bertz CT molecular complexity index is 602. The van der Waals surface area contributed by atoms with Crippen LogP contribution >= 0.6 is 0 Å². The molecule has 0 saturated carbocycles. The van der Waals surface area contributed by atoms with Crippen LogP contribution < -0.4 is 5.32 Å². The molecule has 0 aromatic carbocycles. The molecule has 0 radical (unpaired) electrons. The van der Waals surface area contributed by atoms with Gasteiger partial charge >= 0.3 is 35.8 Å². The minimum Gasteiger partial charge on any atom is -0.351 e. The van der Waals surface area contributed by atoms with E-state index in [1.165, 1.54) is 0 Å². The number of rotatable bonds is 14. The summed E-state index contributed by atoms with van der Waals surface area (Å²) in [5.41, 5.74) is 0. The minimum atomic E-state index is -8.01. The number of unbranched alkanes of at least 4 members (excludes halogenated alkanes) is 7. The molecule has 0 bridgehead atoms. The lowest BCUT2D eigenvalue weighted by molar-refractivity contribution is -0.436. The molecule has 1 N–H and O–H groups in total. The highest BCUT2D eigenvalue weighted by molar-refractivity contribution is 5.84. The van der Waals surface area contributed by atoms with Crippen LogP contribution in [0.3, 0.4) is 0 Å². The number of hydrogen-bond donors (Lipinski definition) is 1. The second-order valence-electron chi connectivity index (χ2n) is 7.10. The van der Waals surface area contributed by atoms with Crippen molar-refractivity contribution in [3.63, 3.8) is 0 Å². The van der Waals surface area contributed by atoms with Crippen molar-refractivity contribution >= 4 is 5.91 Å². The van der Waals surface area contributed by atoms with Crippen molar-refractivity contribution < 1.29 is 61.9 Å². The Balaban J connectivity index is 5.20. The van der Waals surface area contributed by atoms with Crippen LogP contribution in [-0.4, -0.2) is 48.2 Å². The minimum absolute atomic E-state index is 0.0974. The van der Waals surface area contributed by atoms with Crippen molar-refractivity contribution in [2.45, 2.75) is 94.1 Å². The van der Waals surface area contributed by atoms with Gasteiger partial charge in [-0.05, 0) is 6.42 Å². The fourth-order valence-corrected chi connectivity index (χ4v) is 2.48. The summed E-state index contributed by atoms with van der Waals surface area (Å²) in [4.78, 5) is 11.2. The summed E-state index contributed by atoms with van der Waals surface area (Å²) in [5.74, 6) is -41.3. The Morgan fingerprint density at radius 3 is 1.34 bits per heavy atom. The maximum atomic E-state index is 13.6. The van der Waals surface area contributed by atoms with Crippen molar-refractivity contribution in [3.8, 4) is 0 Å². The average Bonchev–Trinajstić information content (AvgIpc) is 2.64. The summed E-state index contributed by atoms with van der Waals surface area (Å²) in [6, 6.07) is 0. The standard InChI is InChI=1S/C17H22F13NO/c1-2-3-4-5-6-7-8-9-10-31-11(32)12(18,19)13(20,21)14(22,23)15(24,25)16(26,27)17(28,29)30/h2-10H2,1H3,(H,31,32).